The van der Waals surface area contributed by atoms with E-state index in [2.05, 4.69) is 0 Å². The minimum absolute atomic E-state index is 0.123. The summed E-state index contributed by atoms with van der Waals surface area (Å²) in [5.41, 5.74) is -0.129. The molecule has 2 aromatic carbocycles. The molecule has 0 bridgehead atoms. The standard InChI is InChI=1S/C21H19F3N2O4/c22-21(23,24)16-5-2-14(3-6-16)19(27)25-8-1-9-26(11-10-25)20(28)15-4-7-17-18(12-15)30-13-29-17/h2-7,12H,1,8-11,13H2. The fraction of sp³-hybridized carbons (Fsp3) is 0.333. The molecule has 2 aliphatic heterocycles. The number of carbonyl (C=O) groups is 2. The number of nitrogens with zero attached hydrogens (tertiary/aromatic N) is 2. The molecular formula is C21H19F3N2O4. The highest BCUT2D eigenvalue weighted by molar-refractivity contribution is 5.96. The van der Waals surface area contributed by atoms with Gasteiger partial charge in [0.1, 0.15) is 0 Å². The van der Waals surface area contributed by atoms with E-state index in [1.54, 1.807) is 28.0 Å². The quantitative estimate of drug-likeness (QED) is 0.747. The lowest BCUT2D eigenvalue weighted by molar-refractivity contribution is -0.137. The van der Waals surface area contributed by atoms with E-state index in [1.165, 1.54) is 12.1 Å². The molecular weight excluding hydrogens is 401 g/mol. The number of fused-ring (bicyclic) bond motifs is 1. The van der Waals surface area contributed by atoms with Gasteiger partial charge in [-0.15, -0.1) is 0 Å². The van der Waals surface area contributed by atoms with Crippen LogP contribution in [0.15, 0.2) is 42.5 Å². The summed E-state index contributed by atoms with van der Waals surface area (Å²) in [5.74, 6) is 0.601. The van der Waals surface area contributed by atoms with Crippen LogP contribution in [0.2, 0.25) is 0 Å². The smallest absolute Gasteiger partial charge is 0.416 e. The first kappa shape index (κ1) is 20.1. The van der Waals surface area contributed by atoms with Crippen LogP contribution >= 0.6 is 0 Å². The van der Waals surface area contributed by atoms with Gasteiger partial charge < -0.3 is 19.3 Å². The van der Waals surface area contributed by atoms with Crippen molar-refractivity contribution in [2.45, 2.75) is 12.6 Å². The molecule has 2 amide bonds. The van der Waals surface area contributed by atoms with Gasteiger partial charge in [-0.1, -0.05) is 0 Å². The molecule has 0 spiro atoms. The van der Waals surface area contributed by atoms with E-state index in [0.29, 0.717) is 49.7 Å². The molecule has 0 N–H and O–H groups in total. The Balaban J connectivity index is 1.41. The number of ether oxygens (including phenoxy) is 2. The van der Waals surface area contributed by atoms with E-state index in [1.807, 2.05) is 0 Å². The third-order valence-electron chi connectivity index (χ3n) is 5.15. The Morgan fingerprint density at radius 1 is 0.767 bits per heavy atom. The van der Waals surface area contributed by atoms with Crippen molar-refractivity contribution in [3.05, 3.63) is 59.2 Å². The summed E-state index contributed by atoms with van der Waals surface area (Å²) in [6, 6.07) is 9.18. The molecule has 9 heteroatoms. The number of alkyl halides is 3. The average Bonchev–Trinajstić information content (AvgIpc) is 3.07. The molecule has 0 aliphatic carbocycles. The fourth-order valence-electron chi connectivity index (χ4n) is 3.52. The molecule has 158 valence electrons. The van der Waals surface area contributed by atoms with Gasteiger partial charge in [-0.3, -0.25) is 9.59 Å². The summed E-state index contributed by atoms with van der Waals surface area (Å²) < 4.78 is 48.7. The molecule has 0 unspecified atom stereocenters. The zero-order valence-corrected chi connectivity index (χ0v) is 15.9. The number of hydrogen-bond donors (Lipinski definition) is 0. The zero-order chi connectivity index (χ0) is 21.3. The highest BCUT2D eigenvalue weighted by atomic mass is 19.4. The third-order valence-corrected chi connectivity index (χ3v) is 5.15. The van der Waals surface area contributed by atoms with E-state index < -0.39 is 11.7 Å². The van der Waals surface area contributed by atoms with E-state index in [4.69, 9.17) is 9.47 Å². The van der Waals surface area contributed by atoms with Gasteiger partial charge in [-0.2, -0.15) is 13.2 Å². The van der Waals surface area contributed by atoms with Crippen LogP contribution in [0.3, 0.4) is 0 Å². The first-order valence-corrected chi connectivity index (χ1v) is 9.48. The minimum Gasteiger partial charge on any atom is -0.454 e. The monoisotopic (exact) mass is 420 g/mol. The van der Waals surface area contributed by atoms with Gasteiger partial charge in [0.25, 0.3) is 11.8 Å². The molecule has 4 rings (SSSR count). The fourth-order valence-corrected chi connectivity index (χ4v) is 3.52. The number of benzene rings is 2. The Bertz CT molecular complexity index is 960. The summed E-state index contributed by atoms with van der Waals surface area (Å²) >= 11 is 0. The van der Waals surface area contributed by atoms with Crippen LogP contribution in [0.25, 0.3) is 0 Å². The molecule has 2 aromatic rings. The summed E-state index contributed by atoms with van der Waals surface area (Å²) in [4.78, 5) is 28.8. The Morgan fingerprint density at radius 2 is 1.33 bits per heavy atom. The van der Waals surface area contributed by atoms with Gasteiger partial charge in [0.05, 0.1) is 5.56 Å². The maximum atomic E-state index is 12.8. The molecule has 6 nitrogen and oxygen atoms in total. The molecule has 0 aromatic heterocycles. The molecule has 2 aliphatic rings. The van der Waals surface area contributed by atoms with Crippen molar-refractivity contribution in [2.24, 2.45) is 0 Å². The highest BCUT2D eigenvalue weighted by Crippen LogP contribution is 2.33. The van der Waals surface area contributed by atoms with Crippen molar-refractivity contribution in [1.29, 1.82) is 0 Å². The number of rotatable bonds is 2. The summed E-state index contributed by atoms with van der Waals surface area (Å²) in [6.45, 7) is 1.66. The van der Waals surface area contributed by atoms with Crippen LogP contribution in [-0.2, 0) is 6.18 Å². The largest absolute Gasteiger partial charge is 0.454 e. The molecule has 0 saturated carbocycles. The summed E-state index contributed by atoms with van der Waals surface area (Å²) in [7, 11) is 0. The lowest BCUT2D eigenvalue weighted by Gasteiger charge is -2.22. The van der Waals surface area contributed by atoms with Crippen molar-refractivity contribution >= 4 is 11.8 Å². The second kappa shape index (κ2) is 7.89. The normalized spacial score (nSPS) is 16.4. The molecule has 0 atom stereocenters. The Labute approximate surface area is 170 Å². The molecule has 1 saturated heterocycles. The van der Waals surface area contributed by atoms with Gasteiger partial charge in [0.15, 0.2) is 11.5 Å². The van der Waals surface area contributed by atoms with Gasteiger partial charge >= 0.3 is 6.18 Å². The Hall–Kier alpha value is -3.23. The van der Waals surface area contributed by atoms with Crippen molar-refractivity contribution in [3.8, 4) is 11.5 Å². The number of carbonyl (C=O) groups excluding carboxylic acids is 2. The topological polar surface area (TPSA) is 59.1 Å². The second-order valence-electron chi connectivity index (χ2n) is 7.08. The summed E-state index contributed by atoms with van der Waals surface area (Å²) in [6.07, 6.45) is -3.87. The van der Waals surface area contributed by atoms with Crippen LogP contribution in [0.4, 0.5) is 13.2 Å². The minimum atomic E-state index is -4.44. The molecule has 2 heterocycles. The van der Waals surface area contributed by atoms with E-state index in [0.717, 1.165) is 12.1 Å². The van der Waals surface area contributed by atoms with Gasteiger partial charge in [0.2, 0.25) is 6.79 Å². The van der Waals surface area contributed by atoms with Crippen LogP contribution < -0.4 is 9.47 Å². The molecule has 1 fully saturated rings. The predicted octanol–water partition coefficient (Wildman–Crippen LogP) is 3.42. The number of hydrogen-bond acceptors (Lipinski definition) is 4. The zero-order valence-electron chi connectivity index (χ0n) is 15.9. The van der Waals surface area contributed by atoms with Crippen molar-refractivity contribution in [1.82, 2.24) is 9.80 Å². The molecule has 0 radical (unpaired) electrons. The van der Waals surface area contributed by atoms with Crippen molar-refractivity contribution in [2.75, 3.05) is 33.0 Å². The van der Waals surface area contributed by atoms with E-state index in [9.17, 15) is 22.8 Å². The summed E-state index contributed by atoms with van der Waals surface area (Å²) in [5, 5.41) is 0. The van der Waals surface area contributed by atoms with E-state index in [-0.39, 0.29) is 24.2 Å². The SMILES string of the molecule is O=C(c1ccc(C(F)(F)F)cc1)N1CCCN(C(=O)c2ccc3c(c2)OCO3)CC1. The van der Waals surface area contributed by atoms with Gasteiger partial charge in [0, 0.05) is 37.3 Å². The molecule has 30 heavy (non-hydrogen) atoms. The van der Waals surface area contributed by atoms with Gasteiger partial charge in [-0.05, 0) is 48.9 Å². The van der Waals surface area contributed by atoms with Crippen LogP contribution in [0.5, 0.6) is 11.5 Å². The van der Waals surface area contributed by atoms with Gasteiger partial charge in [-0.25, -0.2) is 0 Å². The highest BCUT2D eigenvalue weighted by Gasteiger charge is 2.31. The predicted molar refractivity (Wildman–Crippen MR) is 100 cm³/mol. The Morgan fingerprint density at radius 3 is 1.97 bits per heavy atom. The van der Waals surface area contributed by atoms with Crippen LogP contribution in [0, 0.1) is 0 Å². The van der Waals surface area contributed by atoms with Crippen molar-refractivity contribution < 1.29 is 32.2 Å². The van der Waals surface area contributed by atoms with Crippen molar-refractivity contribution in [3.63, 3.8) is 0 Å². The van der Waals surface area contributed by atoms with E-state index >= 15 is 0 Å². The maximum absolute atomic E-state index is 12.8. The second-order valence-corrected chi connectivity index (χ2v) is 7.08. The third kappa shape index (κ3) is 4.05. The first-order chi connectivity index (χ1) is 14.3. The maximum Gasteiger partial charge on any atom is 0.416 e. The number of amides is 2. The average molecular weight is 420 g/mol. The first-order valence-electron chi connectivity index (χ1n) is 9.48. The lowest BCUT2D eigenvalue weighted by atomic mass is 10.1. The van der Waals surface area contributed by atoms with Crippen LogP contribution in [-0.4, -0.2) is 54.6 Å². The lowest BCUT2D eigenvalue weighted by Crippen LogP contribution is -2.37. The Kier molecular flexibility index (Phi) is 5.27. The number of halogens is 3. The van der Waals surface area contributed by atoms with Crippen LogP contribution in [0.1, 0.15) is 32.7 Å².